The molecule has 6 nitrogen and oxygen atoms in total. The second-order valence-electron chi connectivity index (χ2n) is 6.78. The van der Waals surface area contributed by atoms with Crippen LogP contribution in [0.3, 0.4) is 0 Å². The number of thiazole rings is 1. The fourth-order valence-electron chi connectivity index (χ4n) is 3.01. The highest BCUT2D eigenvalue weighted by atomic mass is 127. The standard InChI is InChI=1S/C21H30N4O2S.HI/c1-22-21(23-11-5-12-27-19-10-13-26-15-19)24-14-18-16-28-20(25-18)9-8-17-6-3-2-4-7-17;/h2-4,6-7,16,19H,5,8-15H2,1H3,(H2,22,23,24);1H. The van der Waals surface area contributed by atoms with Crippen molar-refractivity contribution in [2.24, 2.45) is 4.99 Å². The van der Waals surface area contributed by atoms with Crippen molar-refractivity contribution in [2.45, 2.75) is 38.3 Å². The van der Waals surface area contributed by atoms with Crippen LogP contribution in [0, 0.1) is 0 Å². The van der Waals surface area contributed by atoms with Crippen LogP contribution in [0.1, 0.15) is 29.1 Å². The first-order chi connectivity index (χ1) is 13.8. The minimum atomic E-state index is 0. The molecule has 1 aromatic carbocycles. The number of nitrogens with one attached hydrogen (secondary N) is 2. The lowest BCUT2D eigenvalue weighted by molar-refractivity contribution is 0.0420. The maximum Gasteiger partial charge on any atom is 0.191 e. The van der Waals surface area contributed by atoms with Crippen LogP contribution in [-0.4, -0.2) is 50.5 Å². The summed E-state index contributed by atoms with van der Waals surface area (Å²) in [5.74, 6) is 0.794. The zero-order valence-electron chi connectivity index (χ0n) is 16.9. The van der Waals surface area contributed by atoms with Crippen LogP contribution < -0.4 is 10.6 Å². The summed E-state index contributed by atoms with van der Waals surface area (Å²) < 4.78 is 11.1. The highest BCUT2D eigenvalue weighted by molar-refractivity contribution is 14.0. The number of aryl methyl sites for hydroxylation is 2. The van der Waals surface area contributed by atoms with Gasteiger partial charge in [-0.3, -0.25) is 4.99 Å². The molecule has 8 heteroatoms. The van der Waals surface area contributed by atoms with Crippen molar-refractivity contribution in [3.8, 4) is 0 Å². The predicted octanol–water partition coefficient (Wildman–Crippen LogP) is 3.41. The topological polar surface area (TPSA) is 67.8 Å². The summed E-state index contributed by atoms with van der Waals surface area (Å²) in [4.78, 5) is 9.00. The third kappa shape index (κ3) is 8.98. The molecule has 0 spiro atoms. The number of halogens is 1. The van der Waals surface area contributed by atoms with Gasteiger partial charge in [0.1, 0.15) is 0 Å². The van der Waals surface area contributed by atoms with E-state index in [1.807, 2.05) is 0 Å². The Morgan fingerprint density at radius 3 is 2.90 bits per heavy atom. The van der Waals surface area contributed by atoms with Gasteiger partial charge in [-0.2, -0.15) is 0 Å². The molecule has 160 valence electrons. The number of ether oxygens (including phenoxy) is 2. The van der Waals surface area contributed by atoms with Gasteiger partial charge in [0.05, 0.1) is 30.0 Å². The van der Waals surface area contributed by atoms with Crippen LogP contribution in [0.25, 0.3) is 0 Å². The molecule has 0 radical (unpaired) electrons. The van der Waals surface area contributed by atoms with Crippen molar-refractivity contribution in [1.82, 2.24) is 15.6 Å². The third-order valence-corrected chi connectivity index (χ3v) is 5.54. The molecule has 0 aliphatic carbocycles. The Kier molecular flexibility index (Phi) is 11.5. The molecule has 1 unspecified atom stereocenters. The highest BCUT2D eigenvalue weighted by Crippen LogP contribution is 2.13. The van der Waals surface area contributed by atoms with Gasteiger partial charge < -0.3 is 20.1 Å². The number of aliphatic imine (C=N–C) groups is 1. The lowest BCUT2D eigenvalue weighted by atomic mass is 10.1. The fraction of sp³-hybridized carbons (Fsp3) is 0.524. The average Bonchev–Trinajstić information content (AvgIpc) is 3.41. The number of aromatic nitrogens is 1. The number of hydrogen-bond acceptors (Lipinski definition) is 5. The van der Waals surface area contributed by atoms with E-state index in [1.165, 1.54) is 10.6 Å². The first kappa shape index (κ1) is 24.0. The summed E-state index contributed by atoms with van der Waals surface area (Å²) in [5.41, 5.74) is 2.41. The molecular weight excluding hydrogens is 499 g/mol. The van der Waals surface area contributed by atoms with E-state index < -0.39 is 0 Å². The molecule has 0 amide bonds. The van der Waals surface area contributed by atoms with Crippen LogP contribution in [0.15, 0.2) is 40.7 Å². The maximum atomic E-state index is 5.77. The van der Waals surface area contributed by atoms with Crippen molar-refractivity contribution in [1.29, 1.82) is 0 Å². The van der Waals surface area contributed by atoms with Crippen molar-refractivity contribution >= 4 is 41.3 Å². The SMILES string of the molecule is CN=C(NCCCOC1CCOC1)NCc1csc(CCc2ccccc2)n1.I. The van der Waals surface area contributed by atoms with Gasteiger partial charge in [-0.25, -0.2) is 4.98 Å². The van der Waals surface area contributed by atoms with Crippen LogP contribution in [-0.2, 0) is 28.9 Å². The largest absolute Gasteiger partial charge is 0.379 e. The van der Waals surface area contributed by atoms with Gasteiger partial charge in [0, 0.05) is 38.6 Å². The molecule has 2 N–H and O–H groups in total. The number of hydrogen-bond donors (Lipinski definition) is 2. The van der Waals surface area contributed by atoms with Gasteiger partial charge >= 0.3 is 0 Å². The van der Waals surface area contributed by atoms with Crippen molar-refractivity contribution < 1.29 is 9.47 Å². The normalized spacial score (nSPS) is 16.4. The van der Waals surface area contributed by atoms with Crippen LogP contribution >= 0.6 is 35.3 Å². The molecule has 1 saturated heterocycles. The van der Waals surface area contributed by atoms with E-state index in [9.17, 15) is 0 Å². The highest BCUT2D eigenvalue weighted by Gasteiger charge is 2.15. The van der Waals surface area contributed by atoms with E-state index in [1.54, 1.807) is 18.4 Å². The summed E-state index contributed by atoms with van der Waals surface area (Å²) in [7, 11) is 1.79. The maximum absolute atomic E-state index is 5.77. The van der Waals surface area contributed by atoms with Gasteiger partial charge in [0.15, 0.2) is 5.96 Å². The second-order valence-corrected chi connectivity index (χ2v) is 7.72. The summed E-state index contributed by atoms with van der Waals surface area (Å²) in [5, 5.41) is 9.95. The molecule has 1 aromatic heterocycles. The zero-order valence-corrected chi connectivity index (χ0v) is 20.1. The summed E-state index contributed by atoms with van der Waals surface area (Å²) in [6.07, 6.45) is 4.24. The molecule has 1 atom stereocenters. The van der Waals surface area contributed by atoms with Crippen LogP contribution in [0.4, 0.5) is 0 Å². The number of guanidine groups is 1. The second kappa shape index (κ2) is 13.9. The first-order valence-electron chi connectivity index (χ1n) is 9.94. The van der Waals surface area contributed by atoms with E-state index in [4.69, 9.17) is 14.5 Å². The Morgan fingerprint density at radius 1 is 1.28 bits per heavy atom. The van der Waals surface area contributed by atoms with Gasteiger partial charge in [0.25, 0.3) is 0 Å². The molecule has 3 rings (SSSR count). The summed E-state index contributed by atoms with van der Waals surface area (Å²) in [6.45, 7) is 3.81. The van der Waals surface area contributed by atoms with E-state index in [0.717, 1.165) is 63.7 Å². The fourth-order valence-corrected chi connectivity index (χ4v) is 3.81. The average molecular weight is 530 g/mol. The molecule has 2 heterocycles. The molecule has 0 saturated carbocycles. The van der Waals surface area contributed by atoms with Crippen molar-refractivity contribution in [3.05, 3.63) is 52.0 Å². The lowest BCUT2D eigenvalue weighted by Crippen LogP contribution is -2.37. The van der Waals surface area contributed by atoms with Crippen LogP contribution in [0.2, 0.25) is 0 Å². The summed E-state index contributed by atoms with van der Waals surface area (Å²) in [6, 6.07) is 10.5. The Bertz CT molecular complexity index is 720. The Labute approximate surface area is 194 Å². The van der Waals surface area contributed by atoms with Gasteiger partial charge in [-0.05, 0) is 24.8 Å². The van der Waals surface area contributed by atoms with E-state index >= 15 is 0 Å². The minimum Gasteiger partial charge on any atom is -0.379 e. The zero-order chi connectivity index (χ0) is 19.4. The van der Waals surface area contributed by atoms with Gasteiger partial charge in [-0.15, -0.1) is 35.3 Å². The molecule has 0 bridgehead atoms. The molecule has 29 heavy (non-hydrogen) atoms. The molecular formula is C21H31IN4O2S. The smallest absolute Gasteiger partial charge is 0.191 e. The first-order valence-corrected chi connectivity index (χ1v) is 10.8. The minimum absolute atomic E-state index is 0. The Hall–Kier alpha value is -1.23. The van der Waals surface area contributed by atoms with Crippen LogP contribution in [0.5, 0.6) is 0 Å². The predicted molar refractivity (Wildman–Crippen MR) is 129 cm³/mol. The lowest BCUT2D eigenvalue weighted by Gasteiger charge is -2.12. The Balaban J connectivity index is 0.00000300. The third-order valence-electron chi connectivity index (χ3n) is 4.59. The summed E-state index contributed by atoms with van der Waals surface area (Å²) >= 11 is 1.73. The number of nitrogens with zero attached hydrogens (tertiary/aromatic N) is 2. The van der Waals surface area contributed by atoms with Gasteiger partial charge in [0.2, 0.25) is 0 Å². The van der Waals surface area contributed by atoms with E-state index in [-0.39, 0.29) is 30.1 Å². The number of rotatable bonds is 10. The Morgan fingerprint density at radius 2 is 2.14 bits per heavy atom. The van der Waals surface area contributed by atoms with Crippen molar-refractivity contribution in [2.75, 3.05) is 33.4 Å². The van der Waals surface area contributed by atoms with E-state index in [0.29, 0.717) is 6.54 Å². The molecule has 1 fully saturated rings. The quantitative estimate of drug-likeness (QED) is 0.213. The molecule has 1 aliphatic rings. The number of benzene rings is 1. The van der Waals surface area contributed by atoms with Crippen molar-refractivity contribution in [3.63, 3.8) is 0 Å². The molecule has 2 aromatic rings. The molecule has 1 aliphatic heterocycles. The van der Waals surface area contributed by atoms with E-state index in [2.05, 4.69) is 51.3 Å². The van der Waals surface area contributed by atoms with Gasteiger partial charge in [-0.1, -0.05) is 30.3 Å². The monoisotopic (exact) mass is 530 g/mol.